The molecule has 3 aromatic heterocycles. The highest BCUT2D eigenvalue weighted by atomic mass is 79.9. The predicted octanol–water partition coefficient (Wildman–Crippen LogP) is 3.74. The molecule has 5 heterocycles. The number of pyridine rings is 2. The minimum absolute atomic E-state index is 0.200. The van der Waals surface area contributed by atoms with E-state index in [0.29, 0.717) is 25.5 Å². The summed E-state index contributed by atoms with van der Waals surface area (Å²) in [7, 11) is 0. The zero-order valence-electron chi connectivity index (χ0n) is 17.0. The number of imide groups is 1. The van der Waals surface area contributed by atoms with Crippen LogP contribution in [0.25, 0.3) is 22.2 Å². The molecule has 2 aliphatic rings. The number of halogens is 1. The van der Waals surface area contributed by atoms with Crippen LogP contribution in [0.5, 0.6) is 0 Å². The Balaban J connectivity index is 1.63. The number of rotatable bonds is 3. The molecule has 160 valence electrons. The summed E-state index contributed by atoms with van der Waals surface area (Å²) < 4.78 is 8.52. The third-order valence-corrected chi connectivity index (χ3v) is 6.14. The van der Waals surface area contributed by atoms with Gasteiger partial charge in [0.25, 0.3) is 0 Å². The lowest BCUT2D eigenvalue weighted by atomic mass is 10.1. The van der Waals surface area contributed by atoms with Crippen molar-refractivity contribution in [3.63, 3.8) is 0 Å². The SMILES string of the molecule is CC(=O)N1CCN(c2nn(C3CCCCO3)c3cnc(-c4ccc(Br)nc4)cc23)C1=O. The Hall–Kier alpha value is -2.85. The second-order valence-electron chi connectivity index (χ2n) is 7.65. The number of hydrogen-bond acceptors (Lipinski definition) is 6. The minimum atomic E-state index is -0.354. The van der Waals surface area contributed by atoms with Gasteiger partial charge in [0.2, 0.25) is 5.91 Å². The fourth-order valence-electron chi connectivity index (χ4n) is 4.07. The zero-order chi connectivity index (χ0) is 21.5. The molecular weight excluding hydrogens is 464 g/mol. The van der Waals surface area contributed by atoms with Crippen LogP contribution in [0.1, 0.15) is 32.4 Å². The number of anilines is 1. The van der Waals surface area contributed by atoms with E-state index in [9.17, 15) is 9.59 Å². The maximum Gasteiger partial charge on any atom is 0.332 e. The minimum Gasteiger partial charge on any atom is -0.356 e. The Bertz CT molecular complexity index is 1160. The molecular formula is C21H21BrN6O3. The normalized spacial score (nSPS) is 19.4. The fraction of sp³-hybridized carbons (Fsp3) is 0.381. The summed E-state index contributed by atoms with van der Waals surface area (Å²) in [4.78, 5) is 36.4. The Morgan fingerprint density at radius 3 is 2.74 bits per heavy atom. The van der Waals surface area contributed by atoms with Crippen molar-refractivity contribution in [1.29, 1.82) is 0 Å². The van der Waals surface area contributed by atoms with E-state index in [1.807, 2.05) is 22.9 Å². The Labute approximate surface area is 187 Å². The smallest absolute Gasteiger partial charge is 0.332 e. The molecule has 3 amide bonds. The first-order valence-electron chi connectivity index (χ1n) is 10.2. The molecule has 1 atom stereocenters. The molecule has 0 aliphatic carbocycles. The molecule has 0 radical (unpaired) electrons. The van der Waals surface area contributed by atoms with E-state index in [2.05, 4.69) is 25.9 Å². The van der Waals surface area contributed by atoms with E-state index < -0.39 is 0 Å². The lowest BCUT2D eigenvalue weighted by Crippen LogP contribution is -2.35. The third-order valence-electron chi connectivity index (χ3n) is 5.67. The molecule has 0 bridgehead atoms. The molecule has 5 rings (SSSR count). The molecule has 0 saturated carbocycles. The van der Waals surface area contributed by atoms with Gasteiger partial charge < -0.3 is 4.74 Å². The molecule has 2 aliphatic heterocycles. The number of nitrogens with zero attached hydrogens (tertiary/aromatic N) is 6. The van der Waals surface area contributed by atoms with E-state index in [4.69, 9.17) is 9.84 Å². The Kier molecular flexibility index (Phi) is 5.19. The van der Waals surface area contributed by atoms with Crippen LogP contribution in [-0.2, 0) is 9.53 Å². The van der Waals surface area contributed by atoms with Crippen molar-refractivity contribution in [3.05, 3.63) is 35.2 Å². The fourth-order valence-corrected chi connectivity index (χ4v) is 4.30. The van der Waals surface area contributed by atoms with E-state index in [0.717, 1.165) is 46.0 Å². The second kappa shape index (κ2) is 8.01. The zero-order valence-corrected chi connectivity index (χ0v) is 18.6. The lowest BCUT2D eigenvalue weighted by molar-refractivity contribution is -0.125. The van der Waals surface area contributed by atoms with Crippen molar-refractivity contribution < 1.29 is 14.3 Å². The van der Waals surface area contributed by atoms with E-state index >= 15 is 0 Å². The summed E-state index contributed by atoms with van der Waals surface area (Å²) in [5.74, 6) is 0.252. The van der Waals surface area contributed by atoms with Gasteiger partial charge in [-0.2, -0.15) is 5.10 Å². The van der Waals surface area contributed by atoms with Gasteiger partial charge in [-0.1, -0.05) is 0 Å². The molecule has 2 saturated heterocycles. The highest BCUT2D eigenvalue weighted by Gasteiger charge is 2.35. The van der Waals surface area contributed by atoms with Gasteiger partial charge in [-0.25, -0.2) is 14.5 Å². The summed E-state index contributed by atoms with van der Waals surface area (Å²) in [5, 5.41) is 5.58. The molecule has 10 heteroatoms. The summed E-state index contributed by atoms with van der Waals surface area (Å²) in [6, 6.07) is 5.35. The summed E-state index contributed by atoms with van der Waals surface area (Å²) in [5.41, 5.74) is 2.38. The highest BCUT2D eigenvalue weighted by molar-refractivity contribution is 9.10. The maximum atomic E-state index is 12.9. The average Bonchev–Trinajstić information content (AvgIpc) is 3.35. The van der Waals surface area contributed by atoms with Gasteiger partial charge in [0, 0.05) is 43.8 Å². The van der Waals surface area contributed by atoms with Crippen LogP contribution in [0.15, 0.2) is 35.2 Å². The van der Waals surface area contributed by atoms with Gasteiger partial charge in [0.15, 0.2) is 12.0 Å². The molecule has 3 aromatic rings. The first-order chi connectivity index (χ1) is 15.0. The van der Waals surface area contributed by atoms with Crippen LogP contribution in [0.4, 0.5) is 10.6 Å². The number of fused-ring (bicyclic) bond motifs is 1. The van der Waals surface area contributed by atoms with Crippen LogP contribution in [-0.4, -0.2) is 56.3 Å². The highest BCUT2D eigenvalue weighted by Crippen LogP contribution is 2.35. The van der Waals surface area contributed by atoms with Crippen molar-refractivity contribution in [2.45, 2.75) is 32.4 Å². The van der Waals surface area contributed by atoms with E-state index in [-0.39, 0.29) is 18.2 Å². The topological polar surface area (TPSA) is 93.5 Å². The van der Waals surface area contributed by atoms with Crippen molar-refractivity contribution in [2.75, 3.05) is 24.6 Å². The second-order valence-corrected chi connectivity index (χ2v) is 8.46. The summed E-state index contributed by atoms with van der Waals surface area (Å²) in [6.45, 7) is 2.82. The van der Waals surface area contributed by atoms with Crippen molar-refractivity contribution in [2.24, 2.45) is 0 Å². The molecule has 9 nitrogen and oxygen atoms in total. The molecule has 0 aromatic carbocycles. The predicted molar refractivity (Wildman–Crippen MR) is 117 cm³/mol. The van der Waals surface area contributed by atoms with Gasteiger partial charge in [0.1, 0.15) is 4.60 Å². The molecule has 31 heavy (non-hydrogen) atoms. The number of urea groups is 1. The number of hydrogen-bond donors (Lipinski definition) is 0. The average molecular weight is 485 g/mol. The molecule has 0 N–H and O–H groups in total. The number of aromatic nitrogens is 4. The number of carbonyl (C=O) groups excluding carboxylic acids is 2. The maximum absolute atomic E-state index is 12.9. The lowest BCUT2D eigenvalue weighted by Gasteiger charge is -2.23. The number of amides is 3. The van der Waals surface area contributed by atoms with Crippen LogP contribution in [0, 0.1) is 0 Å². The summed E-state index contributed by atoms with van der Waals surface area (Å²) in [6.07, 6.45) is 6.24. The quantitative estimate of drug-likeness (QED) is 0.525. The third kappa shape index (κ3) is 3.59. The van der Waals surface area contributed by atoms with Gasteiger partial charge in [-0.15, -0.1) is 0 Å². The van der Waals surface area contributed by atoms with E-state index in [1.54, 1.807) is 17.3 Å². The number of ether oxygens (including phenoxy) is 1. The largest absolute Gasteiger partial charge is 0.356 e. The molecule has 1 unspecified atom stereocenters. The van der Waals surface area contributed by atoms with Crippen LogP contribution < -0.4 is 4.90 Å². The van der Waals surface area contributed by atoms with Gasteiger partial charge in [0.05, 0.1) is 17.4 Å². The van der Waals surface area contributed by atoms with E-state index in [1.165, 1.54) is 11.8 Å². The van der Waals surface area contributed by atoms with Crippen molar-refractivity contribution in [3.8, 4) is 11.3 Å². The molecule has 2 fully saturated rings. The molecule has 0 spiro atoms. The first-order valence-corrected chi connectivity index (χ1v) is 11.0. The Morgan fingerprint density at radius 2 is 2.06 bits per heavy atom. The van der Waals surface area contributed by atoms with Gasteiger partial charge in [-0.05, 0) is 53.4 Å². The van der Waals surface area contributed by atoms with Gasteiger partial charge >= 0.3 is 6.03 Å². The van der Waals surface area contributed by atoms with Crippen molar-refractivity contribution >= 4 is 44.6 Å². The summed E-state index contributed by atoms with van der Waals surface area (Å²) >= 11 is 3.35. The number of carbonyl (C=O) groups is 2. The van der Waals surface area contributed by atoms with Crippen molar-refractivity contribution in [1.82, 2.24) is 24.6 Å². The first kappa shape index (κ1) is 20.1. The Morgan fingerprint density at radius 1 is 1.19 bits per heavy atom. The monoisotopic (exact) mass is 484 g/mol. The van der Waals surface area contributed by atoms with Crippen LogP contribution in [0.3, 0.4) is 0 Å². The van der Waals surface area contributed by atoms with Crippen LogP contribution >= 0.6 is 15.9 Å². The van der Waals surface area contributed by atoms with Crippen LogP contribution in [0.2, 0.25) is 0 Å². The van der Waals surface area contributed by atoms with Gasteiger partial charge in [-0.3, -0.25) is 19.6 Å². The standard InChI is InChI=1S/C21H21BrN6O3/c1-13(29)26-7-8-27(21(26)30)20-15-10-16(14-5-6-18(22)24-11-14)23-12-17(15)28(25-20)19-4-2-3-9-31-19/h5-6,10-12,19H,2-4,7-9H2,1H3.